The molecule has 1 unspecified atom stereocenters. The Morgan fingerprint density at radius 1 is 1.21 bits per heavy atom. The van der Waals surface area contributed by atoms with Crippen molar-refractivity contribution in [2.45, 2.75) is 77.9 Å². The van der Waals surface area contributed by atoms with Gasteiger partial charge in [0.1, 0.15) is 0 Å². The number of aliphatic hydroxyl groups excluding tert-OH is 2. The van der Waals surface area contributed by atoms with E-state index in [0.717, 1.165) is 32.1 Å². The Morgan fingerprint density at radius 2 is 1.96 bits per heavy atom. The zero-order valence-corrected chi connectivity index (χ0v) is 15.3. The van der Waals surface area contributed by atoms with Gasteiger partial charge < -0.3 is 10.2 Å². The van der Waals surface area contributed by atoms with Crippen LogP contribution < -0.4 is 0 Å². The van der Waals surface area contributed by atoms with Gasteiger partial charge >= 0.3 is 0 Å². The second-order valence-electron chi connectivity index (χ2n) is 9.59. The third-order valence-electron chi connectivity index (χ3n) is 8.55. The van der Waals surface area contributed by atoms with Gasteiger partial charge in [-0.25, -0.2) is 0 Å². The molecule has 0 heterocycles. The maximum atomic E-state index is 11.9. The first-order valence-corrected chi connectivity index (χ1v) is 9.87. The summed E-state index contributed by atoms with van der Waals surface area (Å²) in [5.74, 6) is 2.03. The topological polar surface area (TPSA) is 57.5 Å². The Hall–Kier alpha value is -0.670. The molecule has 4 rings (SSSR count). The summed E-state index contributed by atoms with van der Waals surface area (Å²) in [5.41, 5.74) is 1.37. The van der Waals surface area contributed by atoms with E-state index in [2.05, 4.69) is 13.8 Å². The number of allylic oxidation sites excluding steroid dienone is 1. The molecule has 0 saturated heterocycles. The van der Waals surface area contributed by atoms with Crippen molar-refractivity contribution >= 4 is 5.78 Å². The number of carbonyl (C=O) groups excluding carboxylic acids is 1. The van der Waals surface area contributed by atoms with Crippen LogP contribution in [-0.2, 0) is 4.79 Å². The van der Waals surface area contributed by atoms with Crippen molar-refractivity contribution in [3.05, 3.63) is 11.6 Å². The van der Waals surface area contributed by atoms with Crippen LogP contribution >= 0.6 is 0 Å². The van der Waals surface area contributed by atoms with Crippen molar-refractivity contribution < 1.29 is 15.0 Å². The Morgan fingerprint density at radius 3 is 2.67 bits per heavy atom. The van der Waals surface area contributed by atoms with Gasteiger partial charge in [0.25, 0.3) is 0 Å². The molecule has 4 aliphatic carbocycles. The van der Waals surface area contributed by atoms with Gasteiger partial charge in [-0.2, -0.15) is 0 Å². The molecule has 0 amide bonds. The summed E-state index contributed by atoms with van der Waals surface area (Å²) in [5, 5.41) is 21.5. The molecule has 2 N–H and O–H groups in total. The summed E-state index contributed by atoms with van der Waals surface area (Å²) >= 11 is 0. The average Bonchev–Trinajstić information content (AvgIpc) is 2.84. The molecule has 0 radical (unpaired) electrons. The van der Waals surface area contributed by atoms with Crippen LogP contribution in [0.5, 0.6) is 0 Å². The van der Waals surface area contributed by atoms with Crippen molar-refractivity contribution in [3.8, 4) is 0 Å². The molecular formula is C21H32O3. The number of hydrogen-bond donors (Lipinski definition) is 2. The summed E-state index contributed by atoms with van der Waals surface area (Å²) < 4.78 is 0. The minimum atomic E-state index is -0.308. The highest BCUT2D eigenvalue weighted by Crippen LogP contribution is 2.66. The highest BCUT2D eigenvalue weighted by Gasteiger charge is 2.62. The lowest BCUT2D eigenvalue weighted by molar-refractivity contribution is -0.140. The van der Waals surface area contributed by atoms with Gasteiger partial charge in [-0.15, -0.1) is 0 Å². The second kappa shape index (κ2) is 5.41. The van der Waals surface area contributed by atoms with Crippen LogP contribution in [0.2, 0.25) is 0 Å². The van der Waals surface area contributed by atoms with Gasteiger partial charge in [0, 0.05) is 6.42 Å². The standard InChI is InChI=1S/C21H32O3/c1-12(22)16-6-7-17-15-5-4-13-10-14(23)8-9-20(13,2)19(15)18(24)11-21(16,17)3/h10,12,15-19,22,24H,4-9,11H2,1-3H3/t12?,15-,16+,17-,18+,19-,20+,21+/m0/s1. The lowest BCUT2D eigenvalue weighted by Gasteiger charge is -2.60. The van der Waals surface area contributed by atoms with E-state index < -0.39 is 0 Å². The molecule has 0 aromatic carbocycles. The number of fused-ring (bicyclic) bond motifs is 5. The molecule has 0 aromatic heterocycles. The number of ketones is 1. The van der Waals surface area contributed by atoms with Crippen LogP contribution in [0.4, 0.5) is 0 Å². The fraction of sp³-hybridized carbons (Fsp3) is 0.857. The first kappa shape index (κ1) is 16.8. The fourth-order valence-corrected chi connectivity index (χ4v) is 7.52. The summed E-state index contributed by atoms with van der Waals surface area (Å²) in [4.78, 5) is 11.9. The summed E-state index contributed by atoms with van der Waals surface area (Å²) in [7, 11) is 0. The van der Waals surface area contributed by atoms with E-state index >= 15 is 0 Å². The van der Waals surface area contributed by atoms with Crippen LogP contribution in [0.15, 0.2) is 11.6 Å². The smallest absolute Gasteiger partial charge is 0.155 e. The minimum absolute atomic E-state index is 0.000487. The molecular weight excluding hydrogens is 300 g/mol. The second-order valence-corrected chi connectivity index (χ2v) is 9.59. The molecule has 0 aromatic rings. The third-order valence-corrected chi connectivity index (χ3v) is 8.55. The van der Waals surface area contributed by atoms with Crippen molar-refractivity contribution in [2.75, 3.05) is 0 Å². The van der Waals surface area contributed by atoms with E-state index in [0.29, 0.717) is 24.2 Å². The monoisotopic (exact) mass is 332 g/mol. The van der Waals surface area contributed by atoms with Crippen molar-refractivity contribution in [3.63, 3.8) is 0 Å². The summed E-state index contributed by atoms with van der Waals surface area (Å²) in [6, 6.07) is 0. The third kappa shape index (κ3) is 2.13. The predicted octanol–water partition coefficient (Wildman–Crippen LogP) is 3.49. The Labute approximate surface area is 145 Å². The number of hydrogen-bond acceptors (Lipinski definition) is 3. The summed E-state index contributed by atoms with van der Waals surface area (Å²) in [6.07, 6.45) is 8.04. The molecule has 134 valence electrons. The Balaban J connectivity index is 1.71. The van der Waals surface area contributed by atoms with Gasteiger partial charge in [-0.05, 0) is 86.0 Å². The van der Waals surface area contributed by atoms with E-state index in [1.807, 2.05) is 13.0 Å². The quantitative estimate of drug-likeness (QED) is 0.773. The zero-order chi connectivity index (χ0) is 17.3. The molecule has 3 nitrogen and oxygen atoms in total. The zero-order valence-electron chi connectivity index (χ0n) is 15.3. The maximum absolute atomic E-state index is 11.9. The van der Waals surface area contributed by atoms with Gasteiger partial charge in [0.2, 0.25) is 0 Å². The molecule has 0 spiro atoms. The van der Waals surface area contributed by atoms with Gasteiger partial charge in [-0.1, -0.05) is 19.4 Å². The number of rotatable bonds is 1. The average molecular weight is 332 g/mol. The van der Waals surface area contributed by atoms with Crippen molar-refractivity contribution in [2.24, 2.45) is 34.5 Å². The molecule has 24 heavy (non-hydrogen) atoms. The van der Waals surface area contributed by atoms with Gasteiger partial charge in [0.15, 0.2) is 5.78 Å². The van der Waals surface area contributed by atoms with Gasteiger partial charge in [0.05, 0.1) is 12.2 Å². The largest absolute Gasteiger partial charge is 0.393 e. The first-order chi connectivity index (χ1) is 11.3. The lowest BCUT2D eigenvalue weighted by atomic mass is 9.46. The Kier molecular flexibility index (Phi) is 3.78. The molecule has 8 atom stereocenters. The lowest BCUT2D eigenvalue weighted by Crippen LogP contribution is -2.57. The molecule has 0 aliphatic heterocycles. The SMILES string of the molecule is CC(O)[C@H]1CC[C@H]2[C@@H]3CCC4=CC(=O)CC[C@@]4(C)[C@@H]3[C@H](O)C[C@]12C. The number of aliphatic hydroxyl groups is 2. The summed E-state index contributed by atoms with van der Waals surface area (Å²) in [6.45, 7) is 6.54. The van der Waals surface area contributed by atoms with Crippen LogP contribution in [-0.4, -0.2) is 28.2 Å². The van der Waals surface area contributed by atoms with Crippen LogP contribution in [0.1, 0.15) is 65.7 Å². The van der Waals surface area contributed by atoms with Crippen LogP contribution in [0.25, 0.3) is 0 Å². The van der Waals surface area contributed by atoms with E-state index in [-0.39, 0.29) is 34.7 Å². The van der Waals surface area contributed by atoms with Gasteiger partial charge in [-0.3, -0.25) is 4.79 Å². The molecule has 3 saturated carbocycles. The van der Waals surface area contributed by atoms with E-state index in [4.69, 9.17) is 0 Å². The normalized spacial score (nSPS) is 52.1. The van der Waals surface area contributed by atoms with E-state index in [9.17, 15) is 15.0 Å². The van der Waals surface area contributed by atoms with Crippen LogP contribution in [0.3, 0.4) is 0 Å². The highest BCUT2D eigenvalue weighted by atomic mass is 16.3. The number of carbonyl (C=O) groups is 1. The fourth-order valence-electron chi connectivity index (χ4n) is 7.52. The highest BCUT2D eigenvalue weighted by molar-refractivity contribution is 5.91. The predicted molar refractivity (Wildman–Crippen MR) is 93.3 cm³/mol. The maximum Gasteiger partial charge on any atom is 0.155 e. The molecule has 4 aliphatic rings. The van der Waals surface area contributed by atoms with Crippen molar-refractivity contribution in [1.82, 2.24) is 0 Å². The molecule has 3 heteroatoms. The first-order valence-electron chi connectivity index (χ1n) is 9.87. The molecule has 3 fully saturated rings. The molecule has 0 bridgehead atoms. The van der Waals surface area contributed by atoms with Crippen molar-refractivity contribution in [1.29, 1.82) is 0 Å². The Bertz CT molecular complexity index is 580. The van der Waals surface area contributed by atoms with Crippen LogP contribution in [0, 0.1) is 34.5 Å². The van der Waals surface area contributed by atoms with E-state index in [1.165, 1.54) is 12.0 Å². The minimum Gasteiger partial charge on any atom is -0.393 e. The van der Waals surface area contributed by atoms with E-state index in [1.54, 1.807) is 0 Å².